The number of nitrogens with one attached hydrogen (secondary N) is 2. The predicted octanol–water partition coefficient (Wildman–Crippen LogP) is 7.71. The van der Waals surface area contributed by atoms with E-state index in [2.05, 4.69) is 40.7 Å². The van der Waals surface area contributed by atoms with Gasteiger partial charge in [0.2, 0.25) is 5.95 Å². The van der Waals surface area contributed by atoms with Gasteiger partial charge in [0.15, 0.2) is 0 Å². The van der Waals surface area contributed by atoms with Crippen LogP contribution < -0.4 is 15.4 Å². The van der Waals surface area contributed by atoms with Crippen LogP contribution in [0.25, 0.3) is 11.0 Å². The summed E-state index contributed by atoms with van der Waals surface area (Å²) in [7, 11) is -2.53. The summed E-state index contributed by atoms with van der Waals surface area (Å²) in [5, 5.41) is 6.29. The Labute approximate surface area is 239 Å². The molecule has 1 aromatic heterocycles. The summed E-state index contributed by atoms with van der Waals surface area (Å²) in [6, 6.07) is 11.0. The maximum absolute atomic E-state index is 13.1. The van der Waals surface area contributed by atoms with E-state index in [1.54, 1.807) is 12.1 Å². The molecule has 3 aromatic rings. The van der Waals surface area contributed by atoms with Crippen molar-refractivity contribution in [1.29, 1.82) is 0 Å². The fraction of sp³-hybridized carbons (Fsp3) is 0.517. The molecule has 1 saturated heterocycles. The van der Waals surface area contributed by atoms with Crippen molar-refractivity contribution >= 4 is 39.2 Å². The molecule has 12 heteroatoms. The van der Waals surface area contributed by atoms with Gasteiger partial charge in [0, 0.05) is 34.8 Å². The van der Waals surface area contributed by atoms with Crippen molar-refractivity contribution < 1.29 is 31.8 Å². The zero-order valence-electron chi connectivity index (χ0n) is 23.4. The van der Waals surface area contributed by atoms with Crippen LogP contribution in [0.15, 0.2) is 42.5 Å². The van der Waals surface area contributed by atoms with Crippen LogP contribution in [-0.4, -0.2) is 48.5 Å². The lowest BCUT2D eigenvalue weighted by atomic mass is 9.70. The molecule has 8 nitrogen and oxygen atoms in total. The van der Waals surface area contributed by atoms with E-state index in [0.29, 0.717) is 41.5 Å². The number of ether oxygens (including phenoxy) is 1. The quantitative estimate of drug-likeness (QED) is 0.233. The van der Waals surface area contributed by atoms with Gasteiger partial charge in [-0.15, -0.1) is 13.2 Å². The van der Waals surface area contributed by atoms with Crippen LogP contribution >= 0.6 is 10.6 Å². The molecule has 1 amide bonds. The van der Waals surface area contributed by atoms with Crippen molar-refractivity contribution in [2.24, 2.45) is 11.3 Å². The summed E-state index contributed by atoms with van der Waals surface area (Å²) >= 11 is 0. The number of rotatable bonds is 6. The smallest absolute Gasteiger partial charge is 0.406 e. The summed E-state index contributed by atoms with van der Waals surface area (Å²) in [6.45, 7) is 6.76. The molecular formula is C29H37F3N4O4S. The van der Waals surface area contributed by atoms with Gasteiger partial charge in [-0.1, -0.05) is 20.8 Å². The third-order valence-electron chi connectivity index (χ3n) is 7.95. The molecule has 0 bridgehead atoms. The van der Waals surface area contributed by atoms with Gasteiger partial charge >= 0.3 is 6.36 Å². The number of imidazole rings is 1. The highest BCUT2D eigenvalue weighted by atomic mass is 32.3. The first-order valence-corrected chi connectivity index (χ1v) is 15.7. The van der Waals surface area contributed by atoms with E-state index in [9.17, 15) is 27.1 Å². The van der Waals surface area contributed by atoms with E-state index in [1.807, 2.05) is 6.07 Å². The maximum Gasteiger partial charge on any atom is 0.573 e. The average Bonchev–Trinajstić information content (AvgIpc) is 3.21. The van der Waals surface area contributed by atoms with Crippen LogP contribution in [0.2, 0.25) is 0 Å². The van der Waals surface area contributed by atoms with Crippen molar-refractivity contribution in [2.45, 2.75) is 71.3 Å². The SMILES string of the molecule is CC1CC(n2c(Nc3ccc(OC(F)(F)F)cc3)nc3cc(C(=O)NC4CCS(O)(O)CC4)ccc32)CC(C)(C)C1. The standard InChI is InChI=1S/C29H37F3N4O4S/c1-18-14-22(17-28(2,3)16-18)36-25-9-4-19(26(37)33-21-10-12-41(38,39)13-11-21)15-24(25)35-27(36)34-20-5-7-23(8-6-20)40-29(30,31)32/h4-9,15,18,21-22,38-39H,10-14,16-17H2,1-3H3,(H,33,37)(H,34,35). The molecule has 2 aliphatic rings. The largest absolute Gasteiger partial charge is 0.573 e. The third-order valence-corrected chi connectivity index (χ3v) is 9.73. The Morgan fingerprint density at radius 3 is 2.41 bits per heavy atom. The van der Waals surface area contributed by atoms with Crippen LogP contribution in [0.4, 0.5) is 24.8 Å². The molecule has 2 atom stereocenters. The highest BCUT2D eigenvalue weighted by Crippen LogP contribution is 2.46. The molecule has 2 heterocycles. The monoisotopic (exact) mass is 594 g/mol. The van der Waals surface area contributed by atoms with Crippen molar-refractivity contribution in [3.63, 3.8) is 0 Å². The second-order valence-electron chi connectivity index (χ2n) is 12.2. The van der Waals surface area contributed by atoms with Crippen LogP contribution in [-0.2, 0) is 0 Å². The second kappa shape index (κ2) is 11.0. The Morgan fingerprint density at radius 1 is 1.10 bits per heavy atom. The van der Waals surface area contributed by atoms with Gasteiger partial charge in [0.05, 0.1) is 11.0 Å². The number of fused-ring (bicyclic) bond motifs is 1. The number of amides is 1. The maximum atomic E-state index is 13.1. The second-order valence-corrected chi connectivity index (χ2v) is 14.7. The average molecular weight is 595 g/mol. The van der Waals surface area contributed by atoms with Crippen molar-refractivity contribution in [1.82, 2.24) is 14.9 Å². The topological polar surface area (TPSA) is 109 Å². The number of hydrogen-bond donors (Lipinski definition) is 4. The van der Waals surface area contributed by atoms with Gasteiger partial charge in [0.25, 0.3) is 5.91 Å². The minimum Gasteiger partial charge on any atom is -0.406 e. The van der Waals surface area contributed by atoms with E-state index < -0.39 is 17.0 Å². The molecule has 4 N–H and O–H groups in total. The van der Waals surface area contributed by atoms with Gasteiger partial charge in [-0.2, -0.15) is 10.6 Å². The van der Waals surface area contributed by atoms with Gasteiger partial charge in [-0.05, 0) is 85.9 Å². The fourth-order valence-electron chi connectivity index (χ4n) is 6.38. The highest BCUT2D eigenvalue weighted by molar-refractivity contribution is 8.24. The first-order valence-electron chi connectivity index (χ1n) is 13.9. The molecule has 2 aromatic carbocycles. The van der Waals surface area contributed by atoms with Crippen LogP contribution in [0.5, 0.6) is 5.75 Å². The molecule has 0 spiro atoms. The number of carbonyl (C=O) groups is 1. The molecule has 1 aliphatic heterocycles. The van der Waals surface area contributed by atoms with Crippen molar-refractivity contribution in [3.8, 4) is 5.75 Å². The molecule has 2 fully saturated rings. The zero-order chi connectivity index (χ0) is 29.6. The normalized spacial score (nSPS) is 23.6. The Morgan fingerprint density at radius 2 is 1.78 bits per heavy atom. The number of halogens is 3. The Balaban J connectivity index is 1.44. The van der Waals surface area contributed by atoms with Crippen LogP contribution in [0.1, 0.15) is 69.3 Å². The number of anilines is 2. The number of benzene rings is 2. The van der Waals surface area contributed by atoms with Crippen LogP contribution in [0.3, 0.4) is 0 Å². The summed E-state index contributed by atoms with van der Waals surface area (Å²) in [4.78, 5) is 17.9. The van der Waals surface area contributed by atoms with Crippen LogP contribution in [0, 0.1) is 11.3 Å². The molecule has 2 unspecified atom stereocenters. The summed E-state index contributed by atoms with van der Waals surface area (Å²) in [5.41, 5.74) is 2.63. The van der Waals surface area contributed by atoms with E-state index in [0.717, 1.165) is 24.8 Å². The lowest BCUT2D eigenvalue weighted by molar-refractivity contribution is -0.274. The number of aromatic nitrogens is 2. The van der Waals surface area contributed by atoms with Gasteiger partial charge in [-0.3, -0.25) is 13.9 Å². The third kappa shape index (κ3) is 7.28. The summed E-state index contributed by atoms with van der Waals surface area (Å²) in [5.74, 6) is 1.07. The molecule has 0 radical (unpaired) electrons. The first-order chi connectivity index (χ1) is 19.2. The van der Waals surface area contributed by atoms with E-state index in [4.69, 9.17) is 4.98 Å². The predicted molar refractivity (Wildman–Crippen MR) is 155 cm³/mol. The summed E-state index contributed by atoms with van der Waals surface area (Å²) in [6.07, 6.45) is -0.745. The van der Waals surface area contributed by atoms with Crippen molar-refractivity contribution in [3.05, 3.63) is 48.0 Å². The molecule has 224 valence electrons. The number of alkyl halides is 3. The van der Waals surface area contributed by atoms with E-state index >= 15 is 0 Å². The molecular weight excluding hydrogens is 557 g/mol. The lowest BCUT2D eigenvalue weighted by Gasteiger charge is -2.40. The van der Waals surface area contributed by atoms with E-state index in [-0.39, 0.29) is 40.7 Å². The molecule has 1 saturated carbocycles. The zero-order valence-corrected chi connectivity index (χ0v) is 24.2. The molecule has 5 rings (SSSR count). The molecule has 1 aliphatic carbocycles. The fourth-order valence-corrected chi connectivity index (χ4v) is 7.91. The Kier molecular flexibility index (Phi) is 7.95. The number of nitrogens with zero attached hydrogens (tertiary/aromatic N) is 2. The van der Waals surface area contributed by atoms with Gasteiger partial charge in [0.1, 0.15) is 5.75 Å². The van der Waals surface area contributed by atoms with E-state index in [1.165, 1.54) is 24.3 Å². The molecule has 41 heavy (non-hydrogen) atoms. The Bertz CT molecular complexity index is 1400. The van der Waals surface area contributed by atoms with Gasteiger partial charge in [-0.25, -0.2) is 4.98 Å². The van der Waals surface area contributed by atoms with Gasteiger partial charge < -0.3 is 19.9 Å². The minimum atomic E-state index is -4.77. The first kappa shape index (κ1) is 29.5. The summed E-state index contributed by atoms with van der Waals surface area (Å²) < 4.78 is 63.7. The highest BCUT2D eigenvalue weighted by Gasteiger charge is 2.35. The number of hydrogen-bond acceptors (Lipinski definition) is 6. The van der Waals surface area contributed by atoms with Crippen molar-refractivity contribution in [2.75, 3.05) is 16.8 Å². The minimum absolute atomic E-state index is 0.120. The lowest BCUT2D eigenvalue weighted by Crippen LogP contribution is -2.39. The Hall–Kier alpha value is -2.96. The number of carbonyl (C=O) groups excluding carboxylic acids is 1.